The maximum absolute atomic E-state index is 11.6. The second-order valence-corrected chi connectivity index (χ2v) is 5.90. The third-order valence-electron chi connectivity index (χ3n) is 2.33. The summed E-state index contributed by atoms with van der Waals surface area (Å²) in [6.07, 6.45) is 0. The molecule has 0 saturated heterocycles. The average Bonchev–Trinajstić information content (AvgIpc) is 2.40. The van der Waals surface area contributed by atoms with E-state index in [9.17, 15) is 4.79 Å². The van der Waals surface area contributed by atoms with Gasteiger partial charge in [0.15, 0.2) is 0 Å². The highest BCUT2D eigenvalue weighted by Crippen LogP contribution is 2.15. The molecule has 0 spiro atoms. The number of ether oxygens (including phenoxy) is 1. The maximum Gasteiger partial charge on any atom is 0.230 e. The lowest BCUT2D eigenvalue weighted by atomic mass is 10.2. The van der Waals surface area contributed by atoms with Crippen molar-refractivity contribution in [2.45, 2.75) is 12.7 Å². The van der Waals surface area contributed by atoms with E-state index in [1.165, 1.54) is 0 Å². The highest BCUT2D eigenvalue weighted by atomic mass is 35.5. The van der Waals surface area contributed by atoms with Crippen molar-refractivity contribution in [3.8, 4) is 0 Å². The minimum atomic E-state index is 0.0305. The summed E-state index contributed by atoms with van der Waals surface area (Å²) in [7, 11) is 0. The van der Waals surface area contributed by atoms with Crippen LogP contribution in [-0.4, -0.2) is 31.4 Å². The van der Waals surface area contributed by atoms with Crippen LogP contribution >= 0.6 is 23.4 Å². The van der Waals surface area contributed by atoms with Gasteiger partial charge in [-0.05, 0) is 24.6 Å². The molecular formula is C15H20ClNO2S. The topological polar surface area (TPSA) is 38.3 Å². The molecule has 0 atom stereocenters. The van der Waals surface area contributed by atoms with Gasteiger partial charge in [-0.1, -0.05) is 35.9 Å². The predicted molar refractivity (Wildman–Crippen MR) is 86.3 cm³/mol. The largest absolute Gasteiger partial charge is 0.375 e. The van der Waals surface area contributed by atoms with Crippen molar-refractivity contribution in [3.63, 3.8) is 0 Å². The Morgan fingerprint density at radius 2 is 2.10 bits per heavy atom. The number of hydrogen-bond donors (Lipinski definition) is 1. The lowest BCUT2D eigenvalue weighted by Crippen LogP contribution is -2.28. The van der Waals surface area contributed by atoms with Crippen LogP contribution in [0.5, 0.6) is 0 Å². The Labute approximate surface area is 129 Å². The molecule has 0 aromatic heterocycles. The first-order chi connectivity index (χ1) is 9.58. The van der Waals surface area contributed by atoms with Gasteiger partial charge in [-0.25, -0.2) is 0 Å². The molecule has 0 aliphatic rings. The van der Waals surface area contributed by atoms with Gasteiger partial charge in [0.25, 0.3) is 0 Å². The Bertz CT molecular complexity index is 434. The third kappa shape index (κ3) is 8.25. The summed E-state index contributed by atoms with van der Waals surface area (Å²) in [5, 5.41) is 3.54. The van der Waals surface area contributed by atoms with Gasteiger partial charge in [-0.3, -0.25) is 4.79 Å². The molecular weight excluding hydrogens is 294 g/mol. The first-order valence-corrected chi connectivity index (χ1v) is 7.92. The smallest absolute Gasteiger partial charge is 0.230 e. The zero-order valence-corrected chi connectivity index (χ0v) is 13.2. The average molecular weight is 314 g/mol. The van der Waals surface area contributed by atoms with E-state index in [-0.39, 0.29) is 5.91 Å². The number of carbonyl (C=O) groups excluding carboxylic acids is 1. The summed E-state index contributed by atoms with van der Waals surface area (Å²) >= 11 is 7.39. The highest BCUT2D eigenvalue weighted by Gasteiger charge is 2.01. The maximum atomic E-state index is 11.6. The van der Waals surface area contributed by atoms with Gasteiger partial charge in [0.1, 0.15) is 0 Å². The van der Waals surface area contributed by atoms with Crippen LogP contribution in [0.1, 0.15) is 12.5 Å². The molecule has 0 saturated carbocycles. The molecule has 0 aliphatic heterocycles. The van der Waals surface area contributed by atoms with Crippen LogP contribution in [-0.2, 0) is 15.3 Å². The molecule has 0 fully saturated rings. The molecule has 1 N–H and O–H groups in total. The highest BCUT2D eigenvalue weighted by molar-refractivity contribution is 7.99. The molecule has 1 amide bonds. The van der Waals surface area contributed by atoms with E-state index in [2.05, 4.69) is 11.9 Å². The fourth-order valence-electron chi connectivity index (χ4n) is 1.40. The van der Waals surface area contributed by atoms with Crippen LogP contribution in [0.15, 0.2) is 36.4 Å². The molecule has 0 heterocycles. The first-order valence-electron chi connectivity index (χ1n) is 6.39. The fraction of sp³-hybridized carbons (Fsp3) is 0.400. The second kappa shape index (κ2) is 9.86. The van der Waals surface area contributed by atoms with E-state index in [1.807, 2.05) is 31.2 Å². The number of thioether (sulfide) groups is 1. The number of rotatable bonds is 9. The van der Waals surface area contributed by atoms with Crippen molar-refractivity contribution < 1.29 is 9.53 Å². The summed E-state index contributed by atoms with van der Waals surface area (Å²) in [6, 6.07) is 7.66. The summed E-state index contributed by atoms with van der Waals surface area (Å²) in [5.41, 5.74) is 2.15. The molecule has 110 valence electrons. The molecule has 0 unspecified atom stereocenters. The first kappa shape index (κ1) is 17.1. The Kier molecular flexibility index (Phi) is 8.42. The fourth-order valence-corrected chi connectivity index (χ4v) is 2.35. The molecule has 3 nitrogen and oxygen atoms in total. The van der Waals surface area contributed by atoms with E-state index >= 15 is 0 Å². The zero-order chi connectivity index (χ0) is 14.8. The number of carbonyl (C=O) groups is 1. The van der Waals surface area contributed by atoms with Crippen molar-refractivity contribution in [1.29, 1.82) is 0 Å². The van der Waals surface area contributed by atoms with Crippen LogP contribution in [0.2, 0.25) is 5.02 Å². The number of hydrogen-bond acceptors (Lipinski definition) is 3. The molecule has 1 aromatic carbocycles. The predicted octanol–water partition coefficient (Wildman–Crippen LogP) is 3.28. The van der Waals surface area contributed by atoms with Crippen LogP contribution in [0.3, 0.4) is 0 Å². The van der Waals surface area contributed by atoms with Crippen LogP contribution < -0.4 is 5.32 Å². The number of halogens is 1. The van der Waals surface area contributed by atoms with Crippen molar-refractivity contribution in [1.82, 2.24) is 5.32 Å². The van der Waals surface area contributed by atoms with Gasteiger partial charge in [0, 0.05) is 17.3 Å². The molecule has 20 heavy (non-hydrogen) atoms. The Hall–Kier alpha value is -0.970. The van der Waals surface area contributed by atoms with E-state index < -0.39 is 0 Å². The molecule has 0 radical (unpaired) electrons. The Morgan fingerprint density at radius 3 is 2.75 bits per heavy atom. The van der Waals surface area contributed by atoms with Gasteiger partial charge < -0.3 is 10.1 Å². The second-order valence-electron chi connectivity index (χ2n) is 4.48. The minimum absolute atomic E-state index is 0.0305. The van der Waals surface area contributed by atoms with Crippen molar-refractivity contribution in [2.24, 2.45) is 0 Å². The van der Waals surface area contributed by atoms with Crippen molar-refractivity contribution >= 4 is 29.3 Å². The number of amides is 1. The molecule has 0 aliphatic carbocycles. The molecule has 5 heteroatoms. The Morgan fingerprint density at radius 1 is 1.40 bits per heavy atom. The normalized spacial score (nSPS) is 10.3. The van der Waals surface area contributed by atoms with E-state index in [4.69, 9.17) is 16.3 Å². The van der Waals surface area contributed by atoms with Gasteiger partial charge in [-0.15, -0.1) is 11.8 Å². The van der Waals surface area contributed by atoms with Gasteiger partial charge in [0.05, 0.1) is 19.0 Å². The number of nitrogens with one attached hydrogen (secondary N) is 1. The molecule has 1 aromatic rings. The summed E-state index contributed by atoms with van der Waals surface area (Å²) < 4.78 is 5.30. The SMILES string of the molecule is C=C(C)COCCNC(=O)CSCc1ccc(Cl)cc1. The summed E-state index contributed by atoms with van der Waals surface area (Å²) in [4.78, 5) is 11.6. The van der Waals surface area contributed by atoms with E-state index in [0.717, 1.165) is 21.9 Å². The van der Waals surface area contributed by atoms with Crippen molar-refractivity contribution in [3.05, 3.63) is 47.0 Å². The van der Waals surface area contributed by atoms with Gasteiger partial charge in [-0.2, -0.15) is 0 Å². The van der Waals surface area contributed by atoms with Gasteiger partial charge in [0.2, 0.25) is 5.91 Å². The van der Waals surface area contributed by atoms with Gasteiger partial charge >= 0.3 is 0 Å². The third-order valence-corrected chi connectivity index (χ3v) is 3.59. The minimum Gasteiger partial charge on any atom is -0.375 e. The quantitative estimate of drug-likeness (QED) is 0.561. The molecule has 1 rings (SSSR count). The zero-order valence-electron chi connectivity index (χ0n) is 11.7. The molecule has 0 bridgehead atoms. The standard InChI is InChI=1S/C15H20ClNO2S/c1-12(2)9-19-8-7-17-15(18)11-20-10-13-3-5-14(16)6-4-13/h3-6H,1,7-11H2,2H3,(H,17,18). The summed E-state index contributed by atoms with van der Waals surface area (Å²) in [5.74, 6) is 1.28. The Balaban J connectivity index is 2.05. The van der Waals surface area contributed by atoms with Crippen LogP contribution in [0.4, 0.5) is 0 Å². The van der Waals surface area contributed by atoms with E-state index in [1.54, 1.807) is 11.8 Å². The van der Waals surface area contributed by atoms with Crippen LogP contribution in [0.25, 0.3) is 0 Å². The van der Waals surface area contributed by atoms with E-state index in [0.29, 0.717) is 25.5 Å². The summed E-state index contributed by atoms with van der Waals surface area (Å²) in [6.45, 7) is 7.24. The van der Waals surface area contributed by atoms with Crippen molar-refractivity contribution in [2.75, 3.05) is 25.5 Å². The lowest BCUT2D eigenvalue weighted by Gasteiger charge is -2.06. The van der Waals surface area contributed by atoms with Crippen LogP contribution in [0, 0.1) is 0 Å². The monoisotopic (exact) mass is 313 g/mol. The lowest BCUT2D eigenvalue weighted by molar-refractivity contribution is -0.118. The number of benzene rings is 1.